The Bertz CT molecular complexity index is 1030. The molecule has 0 bridgehead atoms. The van der Waals surface area contributed by atoms with Crippen LogP contribution in [0.1, 0.15) is 6.92 Å². The maximum absolute atomic E-state index is 12.7. The van der Waals surface area contributed by atoms with Crippen LogP contribution in [-0.2, 0) is 4.79 Å². The van der Waals surface area contributed by atoms with Crippen LogP contribution in [0, 0.1) is 0 Å². The van der Waals surface area contributed by atoms with Gasteiger partial charge in [-0.25, -0.2) is 4.79 Å². The first-order valence-electron chi connectivity index (χ1n) is 8.98. The number of urea groups is 1. The van der Waals surface area contributed by atoms with E-state index >= 15 is 0 Å². The third kappa shape index (κ3) is 3.73. The van der Waals surface area contributed by atoms with E-state index in [4.69, 9.17) is 4.74 Å². The average molecular weight is 430 g/mol. The van der Waals surface area contributed by atoms with Gasteiger partial charge in [-0.3, -0.25) is 14.3 Å². The molecule has 1 aromatic carbocycles. The number of hydrogen-bond donors (Lipinski definition) is 1. The van der Waals surface area contributed by atoms with Gasteiger partial charge in [-0.15, -0.1) is 21.5 Å². The molecule has 3 amide bonds. The number of carbonyl (C=O) groups excluding carboxylic acids is 2. The maximum atomic E-state index is 12.7. The van der Waals surface area contributed by atoms with E-state index in [-0.39, 0.29) is 11.9 Å². The predicted octanol–water partition coefficient (Wildman–Crippen LogP) is 3.04. The first-order valence-corrected chi connectivity index (χ1v) is 10.7. The minimum atomic E-state index is -0.507. The lowest BCUT2D eigenvalue weighted by Crippen LogP contribution is -2.39. The molecule has 150 valence electrons. The van der Waals surface area contributed by atoms with Gasteiger partial charge in [0.05, 0.1) is 22.9 Å². The van der Waals surface area contributed by atoms with Gasteiger partial charge in [-0.1, -0.05) is 30.0 Å². The second kappa shape index (κ2) is 8.26. The molecule has 0 aliphatic carbocycles. The summed E-state index contributed by atoms with van der Waals surface area (Å²) in [6.45, 7) is 2.62. The number of aromatic nitrogens is 3. The Labute approximate surface area is 175 Å². The van der Waals surface area contributed by atoms with E-state index < -0.39 is 5.25 Å². The van der Waals surface area contributed by atoms with Gasteiger partial charge in [0.25, 0.3) is 0 Å². The highest BCUT2D eigenvalue weighted by Crippen LogP contribution is 2.35. The van der Waals surface area contributed by atoms with Crippen molar-refractivity contribution in [2.45, 2.75) is 17.3 Å². The Kier molecular flexibility index (Phi) is 5.54. The van der Waals surface area contributed by atoms with Crippen LogP contribution in [0.15, 0.2) is 46.9 Å². The summed E-state index contributed by atoms with van der Waals surface area (Å²) in [6, 6.07) is 11.2. The van der Waals surface area contributed by atoms with Gasteiger partial charge in [0.15, 0.2) is 11.0 Å². The Balaban J connectivity index is 1.72. The molecule has 1 atom stereocenters. The fourth-order valence-corrected chi connectivity index (χ4v) is 4.67. The summed E-state index contributed by atoms with van der Waals surface area (Å²) >= 11 is 2.82. The molecule has 2 aromatic heterocycles. The number of thioether (sulfide) groups is 1. The van der Waals surface area contributed by atoms with Crippen molar-refractivity contribution in [1.29, 1.82) is 0 Å². The predicted molar refractivity (Wildman–Crippen MR) is 112 cm³/mol. The minimum absolute atomic E-state index is 0.253. The molecular weight excluding hydrogens is 410 g/mol. The summed E-state index contributed by atoms with van der Waals surface area (Å²) in [7, 11) is 1.61. The summed E-state index contributed by atoms with van der Waals surface area (Å²) in [4.78, 5) is 26.8. The standard InChI is InChI=1S/C19H19N5O3S2/c1-12(17(25)23-10-9-20-18(23)26)29-19-22-21-16(15-8-5-11-28-15)24(19)13-6-3-4-7-14(13)27-2/h3-8,11-12H,9-10H2,1-2H3,(H,20,26). The molecule has 29 heavy (non-hydrogen) atoms. The first kappa shape index (κ1) is 19.5. The molecule has 1 aliphatic rings. The molecule has 1 saturated heterocycles. The largest absolute Gasteiger partial charge is 0.495 e. The topological polar surface area (TPSA) is 89.4 Å². The number of ether oxygens (including phenoxy) is 1. The number of amides is 3. The quantitative estimate of drug-likeness (QED) is 0.606. The van der Waals surface area contributed by atoms with Crippen molar-refractivity contribution in [1.82, 2.24) is 25.0 Å². The third-order valence-electron chi connectivity index (χ3n) is 4.45. The van der Waals surface area contributed by atoms with Crippen molar-refractivity contribution in [2.24, 2.45) is 0 Å². The van der Waals surface area contributed by atoms with Gasteiger partial charge >= 0.3 is 6.03 Å². The molecule has 3 heterocycles. The zero-order chi connectivity index (χ0) is 20.4. The summed E-state index contributed by atoms with van der Waals surface area (Å²) in [5, 5.41) is 13.4. The lowest BCUT2D eigenvalue weighted by molar-refractivity contribution is -0.126. The second-order valence-corrected chi connectivity index (χ2v) is 8.53. The highest BCUT2D eigenvalue weighted by atomic mass is 32.2. The molecule has 4 rings (SSSR count). The van der Waals surface area contributed by atoms with Gasteiger partial charge in [-0.2, -0.15) is 0 Å². The zero-order valence-electron chi connectivity index (χ0n) is 15.9. The second-order valence-electron chi connectivity index (χ2n) is 6.27. The van der Waals surface area contributed by atoms with Crippen molar-refractivity contribution >= 4 is 35.0 Å². The molecule has 1 fully saturated rings. The van der Waals surface area contributed by atoms with Gasteiger partial charge in [0.2, 0.25) is 5.91 Å². The highest BCUT2D eigenvalue weighted by Gasteiger charge is 2.31. The highest BCUT2D eigenvalue weighted by molar-refractivity contribution is 8.00. The molecular formula is C19H19N5O3S2. The van der Waals surface area contributed by atoms with Crippen LogP contribution in [0.2, 0.25) is 0 Å². The minimum Gasteiger partial charge on any atom is -0.495 e. The number of hydrogen-bond acceptors (Lipinski definition) is 7. The van der Waals surface area contributed by atoms with Crippen LogP contribution in [0.25, 0.3) is 16.4 Å². The van der Waals surface area contributed by atoms with Gasteiger partial charge in [0, 0.05) is 13.1 Å². The number of para-hydroxylation sites is 2. The Morgan fingerprint density at radius 3 is 2.79 bits per heavy atom. The number of benzene rings is 1. The third-order valence-corrected chi connectivity index (χ3v) is 6.35. The van der Waals surface area contributed by atoms with Crippen LogP contribution >= 0.6 is 23.1 Å². The number of thiophene rings is 1. The molecule has 1 aliphatic heterocycles. The van der Waals surface area contributed by atoms with Crippen LogP contribution in [0.3, 0.4) is 0 Å². The zero-order valence-corrected chi connectivity index (χ0v) is 17.5. The van der Waals surface area contributed by atoms with Crippen molar-refractivity contribution in [3.8, 4) is 22.1 Å². The van der Waals surface area contributed by atoms with Crippen molar-refractivity contribution in [2.75, 3.05) is 20.2 Å². The molecule has 10 heteroatoms. The molecule has 0 saturated carbocycles. The fourth-order valence-electron chi connectivity index (χ4n) is 3.05. The number of nitrogens with one attached hydrogen (secondary N) is 1. The number of imide groups is 1. The fraction of sp³-hybridized carbons (Fsp3) is 0.263. The van der Waals surface area contributed by atoms with Crippen molar-refractivity contribution in [3.05, 3.63) is 41.8 Å². The summed E-state index contributed by atoms with van der Waals surface area (Å²) in [5.74, 6) is 1.09. The van der Waals surface area contributed by atoms with E-state index in [2.05, 4.69) is 15.5 Å². The van der Waals surface area contributed by atoms with E-state index in [9.17, 15) is 9.59 Å². The summed E-state index contributed by atoms with van der Waals surface area (Å²) < 4.78 is 7.43. The van der Waals surface area contributed by atoms with Gasteiger partial charge < -0.3 is 10.1 Å². The van der Waals surface area contributed by atoms with Crippen molar-refractivity contribution < 1.29 is 14.3 Å². The number of rotatable bonds is 6. The van der Waals surface area contributed by atoms with Crippen LogP contribution in [0.4, 0.5) is 4.79 Å². The Hall–Kier alpha value is -2.85. The van der Waals surface area contributed by atoms with Gasteiger partial charge in [-0.05, 0) is 30.5 Å². The van der Waals surface area contributed by atoms with E-state index in [0.717, 1.165) is 10.6 Å². The number of carbonyl (C=O) groups is 2. The number of nitrogens with zero attached hydrogens (tertiary/aromatic N) is 4. The number of methoxy groups -OCH3 is 1. The van der Waals surface area contributed by atoms with E-state index in [1.807, 2.05) is 46.3 Å². The van der Waals surface area contributed by atoms with Crippen LogP contribution in [0.5, 0.6) is 5.75 Å². The van der Waals surface area contributed by atoms with Crippen LogP contribution < -0.4 is 10.1 Å². The molecule has 3 aromatic rings. The van der Waals surface area contributed by atoms with E-state index in [1.54, 1.807) is 25.4 Å². The lowest BCUT2D eigenvalue weighted by Gasteiger charge is -2.18. The molecule has 0 spiro atoms. The maximum Gasteiger partial charge on any atom is 0.324 e. The molecule has 8 nitrogen and oxygen atoms in total. The smallest absolute Gasteiger partial charge is 0.324 e. The lowest BCUT2D eigenvalue weighted by atomic mass is 10.3. The normalized spacial score (nSPS) is 14.7. The molecule has 0 radical (unpaired) electrons. The van der Waals surface area contributed by atoms with Crippen molar-refractivity contribution in [3.63, 3.8) is 0 Å². The van der Waals surface area contributed by atoms with Gasteiger partial charge in [0.1, 0.15) is 5.75 Å². The SMILES string of the molecule is COc1ccccc1-n1c(SC(C)C(=O)N2CCNC2=O)nnc1-c1cccs1. The van der Waals surface area contributed by atoms with Crippen LogP contribution in [-0.4, -0.2) is 57.1 Å². The summed E-state index contributed by atoms with van der Waals surface area (Å²) in [5.41, 5.74) is 0.782. The Morgan fingerprint density at radius 2 is 2.10 bits per heavy atom. The molecule has 1 N–H and O–H groups in total. The first-order chi connectivity index (χ1) is 14.1. The monoisotopic (exact) mass is 429 g/mol. The summed E-state index contributed by atoms with van der Waals surface area (Å²) in [6.07, 6.45) is 0. The molecule has 1 unspecified atom stereocenters. The average Bonchev–Trinajstić information content (AvgIpc) is 3.48. The van der Waals surface area contributed by atoms with E-state index in [0.29, 0.717) is 29.8 Å². The van der Waals surface area contributed by atoms with E-state index in [1.165, 1.54) is 16.7 Å². The Morgan fingerprint density at radius 1 is 1.28 bits per heavy atom.